The number of aliphatic imine (C=N–C) groups is 1. The third-order valence-corrected chi connectivity index (χ3v) is 4.00. The molecule has 0 aliphatic heterocycles. The van der Waals surface area contributed by atoms with E-state index in [1.165, 1.54) is 0 Å². The van der Waals surface area contributed by atoms with E-state index in [0.29, 0.717) is 29.1 Å². The molecule has 5 nitrogen and oxygen atoms in total. The number of nitrogens with one attached hydrogen (secondary N) is 2. The predicted molar refractivity (Wildman–Crippen MR) is 117 cm³/mol. The number of aromatic nitrogens is 1. The molecular weight excluding hydrogens is 472 g/mol. The Labute approximate surface area is 175 Å². The summed E-state index contributed by atoms with van der Waals surface area (Å²) in [5.41, 5.74) is 2.04. The molecule has 0 saturated carbocycles. The number of nitrogens with zero attached hydrogens (tertiary/aromatic N) is 3. The predicted octanol–water partition coefficient (Wildman–Crippen LogP) is 3.94. The zero-order chi connectivity index (χ0) is 17.5. The van der Waals surface area contributed by atoms with E-state index in [9.17, 15) is 0 Å². The van der Waals surface area contributed by atoms with E-state index in [1.807, 2.05) is 49.5 Å². The smallest absolute Gasteiger partial charge is 0.191 e. The van der Waals surface area contributed by atoms with E-state index in [1.54, 1.807) is 13.1 Å². The second-order valence-corrected chi connectivity index (χ2v) is 6.28. The molecule has 1 heterocycles. The van der Waals surface area contributed by atoms with Gasteiger partial charge in [-0.3, -0.25) is 4.99 Å². The van der Waals surface area contributed by atoms with Gasteiger partial charge in [0.05, 0.1) is 0 Å². The van der Waals surface area contributed by atoms with Gasteiger partial charge in [0.15, 0.2) is 5.96 Å². The highest BCUT2D eigenvalue weighted by Gasteiger charge is 2.04. The van der Waals surface area contributed by atoms with Gasteiger partial charge < -0.3 is 15.5 Å². The molecule has 8 heteroatoms. The van der Waals surface area contributed by atoms with Gasteiger partial charge in [-0.2, -0.15) is 0 Å². The minimum atomic E-state index is 0. The van der Waals surface area contributed by atoms with Gasteiger partial charge in [0.2, 0.25) is 0 Å². The highest BCUT2D eigenvalue weighted by Crippen LogP contribution is 2.20. The molecular formula is C17H22Cl2IN5. The normalized spacial score (nSPS) is 10.8. The fourth-order valence-corrected chi connectivity index (χ4v) is 2.51. The molecule has 136 valence electrons. The van der Waals surface area contributed by atoms with Crippen molar-refractivity contribution >= 4 is 59.0 Å². The van der Waals surface area contributed by atoms with Crippen molar-refractivity contribution in [3.8, 4) is 0 Å². The molecule has 0 aliphatic rings. The van der Waals surface area contributed by atoms with Crippen LogP contribution in [0, 0.1) is 0 Å². The lowest BCUT2D eigenvalue weighted by molar-refractivity contribution is 0.806. The van der Waals surface area contributed by atoms with Crippen molar-refractivity contribution in [2.45, 2.75) is 13.1 Å². The zero-order valence-corrected chi connectivity index (χ0v) is 18.2. The maximum Gasteiger partial charge on any atom is 0.191 e. The van der Waals surface area contributed by atoms with Gasteiger partial charge in [0, 0.05) is 50.5 Å². The fraction of sp³-hybridized carbons (Fsp3) is 0.294. The molecule has 2 N–H and O–H groups in total. The zero-order valence-electron chi connectivity index (χ0n) is 14.4. The van der Waals surface area contributed by atoms with Gasteiger partial charge in [-0.15, -0.1) is 24.0 Å². The lowest BCUT2D eigenvalue weighted by Crippen LogP contribution is -2.36. The quantitative estimate of drug-likeness (QED) is 0.376. The number of benzene rings is 1. The summed E-state index contributed by atoms with van der Waals surface area (Å²) < 4.78 is 0. The number of pyridine rings is 1. The molecule has 0 bridgehead atoms. The number of guanidine groups is 1. The second-order valence-electron chi connectivity index (χ2n) is 5.43. The Morgan fingerprint density at radius 3 is 2.40 bits per heavy atom. The average molecular weight is 494 g/mol. The summed E-state index contributed by atoms with van der Waals surface area (Å²) in [7, 11) is 5.66. The summed E-state index contributed by atoms with van der Waals surface area (Å²) in [6.45, 7) is 1.20. The molecule has 1 aromatic carbocycles. The number of hydrogen-bond donors (Lipinski definition) is 2. The molecule has 0 spiro atoms. The first-order chi connectivity index (χ1) is 11.5. The van der Waals surface area contributed by atoms with Crippen LogP contribution in [-0.4, -0.2) is 32.1 Å². The van der Waals surface area contributed by atoms with Crippen LogP contribution in [0.5, 0.6) is 0 Å². The van der Waals surface area contributed by atoms with E-state index in [4.69, 9.17) is 23.2 Å². The highest BCUT2D eigenvalue weighted by molar-refractivity contribution is 14.0. The van der Waals surface area contributed by atoms with E-state index in [2.05, 4.69) is 20.6 Å². The summed E-state index contributed by atoms with van der Waals surface area (Å²) in [4.78, 5) is 10.6. The third kappa shape index (κ3) is 6.87. The SMILES string of the molecule is CN=C(NCc1ccc(N(C)C)nc1)NCc1ccc(Cl)cc1Cl.I. The van der Waals surface area contributed by atoms with Gasteiger partial charge in [-0.05, 0) is 29.3 Å². The van der Waals surface area contributed by atoms with E-state index in [-0.39, 0.29) is 24.0 Å². The first-order valence-electron chi connectivity index (χ1n) is 7.50. The van der Waals surface area contributed by atoms with Crippen LogP contribution in [-0.2, 0) is 13.1 Å². The van der Waals surface area contributed by atoms with Crippen LogP contribution in [0.4, 0.5) is 5.82 Å². The molecule has 0 atom stereocenters. The second kappa shape index (κ2) is 10.7. The maximum absolute atomic E-state index is 6.17. The van der Waals surface area contributed by atoms with Crippen molar-refractivity contribution in [1.82, 2.24) is 15.6 Å². The molecule has 25 heavy (non-hydrogen) atoms. The van der Waals surface area contributed by atoms with Gasteiger partial charge in [0.1, 0.15) is 5.82 Å². The lowest BCUT2D eigenvalue weighted by atomic mass is 10.2. The molecule has 0 aliphatic carbocycles. The number of halogens is 3. The minimum Gasteiger partial charge on any atom is -0.363 e. The monoisotopic (exact) mass is 493 g/mol. The number of anilines is 1. The molecule has 0 radical (unpaired) electrons. The van der Waals surface area contributed by atoms with E-state index >= 15 is 0 Å². The van der Waals surface area contributed by atoms with Gasteiger partial charge in [-0.25, -0.2) is 4.98 Å². The van der Waals surface area contributed by atoms with E-state index in [0.717, 1.165) is 16.9 Å². The van der Waals surface area contributed by atoms with Crippen molar-refractivity contribution in [3.05, 3.63) is 57.7 Å². The van der Waals surface area contributed by atoms with Crippen LogP contribution < -0.4 is 15.5 Å². The van der Waals surface area contributed by atoms with Crippen LogP contribution in [0.25, 0.3) is 0 Å². The van der Waals surface area contributed by atoms with Crippen LogP contribution >= 0.6 is 47.2 Å². The first-order valence-corrected chi connectivity index (χ1v) is 8.26. The van der Waals surface area contributed by atoms with Crippen LogP contribution in [0.15, 0.2) is 41.5 Å². The lowest BCUT2D eigenvalue weighted by Gasteiger charge is -2.14. The summed E-state index contributed by atoms with van der Waals surface area (Å²) in [5.74, 6) is 1.62. The Morgan fingerprint density at radius 1 is 1.12 bits per heavy atom. The maximum atomic E-state index is 6.17. The molecule has 2 rings (SSSR count). The molecule has 0 unspecified atom stereocenters. The summed E-state index contributed by atoms with van der Waals surface area (Å²) in [6, 6.07) is 9.47. The van der Waals surface area contributed by atoms with Crippen molar-refractivity contribution < 1.29 is 0 Å². The number of hydrogen-bond acceptors (Lipinski definition) is 3. The van der Waals surface area contributed by atoms with Gasteiger partial charge >= 0.3 is 0 Å². The minimum absolute atomic E-state index is 0. The van der Waals surface area contributed by atoms with Crippen LogP contribution in [0.3, 0.4) is 0 Å². The highest BCUT2D eigenvalue weighted by atomic mass is 127. The Morgan fingerprint density at radius 2 is 1.84 bits per heavy atom. The van der Waals surface area contributed by atoms with Crippen molar-refractivity contribution in [1.29, 1.82) is 0 Å². The van der Waals surface area contributed by atoms with Crippen LogP contribution in [0.2, 0.25) is 10.0 Å². The summed E-state index contributed by atoms with van der Waals surface area (Å²) >= 11 is 12.1. The summed E-state index contributed by atoms with van der Waals surface area (Å²) in [6.07, 6.45) is 1.85. The average Bonchev–Trinajstić information content (AvgIpc) is 2.57. The Bertz CT molecular complexity index is 705. The molecule has 1 aromatic heterocycles. The fourth-order valence-electron chi connectivity index (χ4n) is 2.04. The van der Waals surface area contributed by atoms with Crippen LogP contribution in [0.1, 0.15) is 11.1 Å². The topological polar surface area (TPSA) is 52.6 Å². The largest absolute Gasteiger partial charge is 0.363 e. The van der Waals surface area contributed by atoms with Crippen molar-refractivity contribution in [3.63, 3.8) is 0 Å². The van der Waals surface area contributed by atoms with Gasteiger partial charge in [-0.1, -0.05) is 35.3 Å². The standard InChI is InChI=1S/C17H21Cl2N5.HI/c1-20-17(23-11-13-5-6-14(18)8-15(13)19)22-10-12-4-7-16(21-9-12)24(2)3;/h4-9H,10-11H2,1-3H3,(H2,20,22,23);1H. The third-order valence-electron chi connectivity index (χ3n) is 3.41. The van der Waals surface area contributed by atoms with E-state index < -0.39 is 0 Å². The van der Waals surface area contributed by atoms with Gasteiger partial charge in [0.25, 0.3) is 0 Å². The summed E-state index contributed by atoms with van der Waals surface area (Å²) in [5, 5.41) is 7.74. The Kier molecular flexibility index (Phi) is 9.31. The van der Waals surface area contributed by atoms with Crippen molar-refractivity contribution in [2.75, 3.05) is 26.0 Å². The Hall–Kier alpha value is -1.25. The van der Waals surface area contributed by atoms with Crippen molar-refractivity contribution in [2.24, 2.45) is 4.99 Å². The molecule has 0 amide bonds. The molecule has 0 fully saturated rings. The molecule has 0 saturated heterocycles. The first kappa shape index (κ1) is 21.8. The molecule has 2 aromatic rings. The number of rotatable bonds is 5. The Balaban J connectivity index is 0.00000312.